The van der Waals surface area contributed by atoms with E-state index in [4.69, 9.17) is 9.47 Å². The van der Waals surface area contributed by atoms with Gasteiger partial charge in [0.05, 0.1) is 6.54 Å². The van der Waals surface area contributed by atoms with Crippen molar-refractivity contribution in [3.05, 3.63) is 59.9 Å². The van der Waals surface area contributed by atoms with E-state index in [9.17, 15) is 19.5 Å². The summed E-state index contributed by atoms with van der Waals surface area (Å²) in [6.07, 6.45) is -0.252. The number of amides is 1. The summed E-state index contributed by atoms with van der Waals surface area (Å²) in [5.74, 6) is -2.08. The van der Waals surface area contributed by atoms with Crippen LogP contribution in [-0.4, -0.2) is 60.2 Å². The number of methoxy groups -OCH3 is 1. The lowest BCUT2D eigenvalue weighted by Gasteiger charge is -2.32. The van der Waals surface area contributed by atoms with Crippen molar-refractivity contribution in [1.29, 1.82) is 0 Å². The minimum Gasteiger partial charge on any atom is -0.469 e. The average molecular weight is 386 g/mol. The number of Topliss-reactive ketones (excluding diaryl/α,β-unsaturated/α-hetero) is 2. The molecule has 28 heavy (non-hydrogen) atoms. The molecule has 0 aliphatic carbocycles. The molecule has 3 atom stereocenters. The Hall–Kier alpha value is -2.81. The molecule has 148 valence electrons. The predicted octanol–water partition coefficient (Wildman–Crippen LogP) is 0.0904. The van der Waals surface area contributed by atoms with Crippen LogP contribution in [0.3, 0.4) is 0 Å². The number of nitrogens with one attached hydrogen (secondary N) is 2. The van der Waals surface area contributed by atoms with Gasteiger partial charge in [-0.25, -0.2) is 0 Å². The van der Waals surface area contributed by atoms with Gasteiger partial charge in [-0.2, -0.15) is 0 Å². The van der Waals surface area contributed by atoms with Crippen LogP contribution in [0.2, 0.25) is 0 Å². The summed E-state index contributed by atoms with van der Waals surface area (Å²) in [5.41, 5.74) is -4.00. The normalized spacial score (nSPS) is 29.2. The molecule has 3 N–H and O–H groups in total. The molecule has 0 aromatic heterocycles. The molecule has 8 heteroatoms. The van der Waals surface area contributed by atoms with Gasteiger partial charge in [0.25, 0.3) is 11.5 Å². The van der Waals surface area contributed by atoms with Gasteiger partial charge in [0.2, 0.25) is 17.3 Å². The quantitative estimate of drug-likeness (QED) is 0.263. The van der Waals surface area contributed by atoms with E-state index in [1.165, 1.54) is 26.2 Å². The Morgan fingerprint density at radius 1 is 1.39 bits per heavy atom. The van der Waals surface area contributed by atoms with Gasteiger partial charge in [-0.15, -0.1) is 6.58 Å². The maximum Gasteiger partial charge on any atom is 0.278 e. The first-order chi connectivity index (χ1) is 13.3. The monoisotopic (exact) mass is 386 g/mol. The van der Waals surface area contributed by atoms with Gasteiger partial charge in [0.1, 0.15) is 5.76 Å². The molecule has 1 fully saturated rings. The number of aliphatic hydroxyl groups excluding tert-OH is 1. The van der Waals surface area contributed by atoms with Gasteiger partial charge in [-0.1, -0.05) is 36.4 Å². The van der Waals surface area contributed by atoms with Crippen LogP contribution in [0.1, 0.15) is 17.3 Å². The molecule has 2 aliphatic rings. The molecular weight excluding hydrogens is 364 g/mol. The zero-order valence-corrected chi connectivity index (χ0v) is 15.7. The first-order valence-electron chi connectivity index (χ1n) is 8.76. The minimum atomic E-state index is -2.27. The highest BCUT2D eigenvalue weighted by Gasteiger charge is 2.73. The van der Waals surface area contributed by atoms with E-state index in [2.05, 4.69) is 17.2 Å². The van der Waals surface area contributed by atoms with E-state index in [-0.39, 0.29) is 23.4 Å². The van der Waals surface area contributed by atoms with E-state index in [0.717, 1.165) is 0 Å². The molecule has 1 aromatic rings. The van der Waals surface area contributed by atoms with Crippen LogP contribution in [0.4, 0.5) is 0 Å². The minimum absolute atomic E-state index is 0.165. The number of rotatable bonds is 7. The van der Waals surface area contributed by atoms with Gasteiger partial charge in [-0.3, -0.25) is 14.4 Å². The molecule has 0 unspecified atom stereocenters. The van der Waals surface area contributed by atoms with E-state index in [1.54, 1.807) is 24.3 Å². The lowest BCUT2D eigenvalue weighted by molar-refractivity contribution is -0.160. The molecule has 8 nitrogen and oxygen atoms in total. The van der Waals surface area contributed by atoms with Crippen LogP contribution in [0, 0.1) is 0 Å². The fraction of sp³-hybridized carbons (Fsp3) is 0.350. The first-order valence-corrected chi connectivity index (χ1v) is 8.76. The summed E-state index contributed by atoms with van der Waals surface area (Å²) < 4.78 is 11.0. The van der Waals surface area contributed by atoms with Crippen molar-refractivity contribution in [2.24, 2.45) is 0 Å². The van der Waals surface area contributed by atoms with Gasteiger partial charge in [0, 0.05) is 24.8 Å². The third kappa shape index (κ3) is 2.69. The van der Waals surface area contributed by atoms with Gasteiger partial charge >= 0.3 is 0 Å². The van der Waals surface area contributed by atoms with Crippen molar-refractivity contribution in [2.45, 2.75) is 24.4 Å². The third-order valence-electron chi connectivity index (χ3n) is 5.06. The standard InChI is InChI=1S/C20H22N2O6/c1-4-10-21-11-14-12(2)15(23)19(28-14)17(25)20(27-3,22-18(19)26)16(24)13-8-6-5-7-9-13/h4-9,17,21,25H,1,10-11H2,2-3H3,(H,22,26)/t17-,19-,20-/m1/s1. The van der Waals surface area contributed by atoms with Crippen molar-refractivity contribution in [1.82, 2.24) is 10.6 Å². The number of ketones is 2. The Morgan fingerprint density at radius 3 is 2.68 bits per heavy atom. The van der Waals surface area contributed by atoms with E-state index in [0.29, 0.717) is 6.54 Å². The number of aliphatic hydroxyl groups is 1. The summed E-state index contributed by atoms with van der Waals surface area (Å²) in [7, 11) is 1.18. The highest BCUT2D eigenvalue weighted by Crippen LogP contribution is 2.42. The Balaban J connectivity index is 1.97. The number of hydrogen-bond acceptors (Lipinski definition) is 7. The Bertz CT molecular complexity index is 865. The summed E-state index contributed by atoms with van der Waals surface area (Å²) >= 11 is 0. The summed E-state index contributed by atoms with van der Waals surface area (Å²) in [6.45, 7) is 5.72. The van der Waals surface area contributed by atoms with Crippen molar-refractivity contribution < 1.29 is 29.0 Å². The zero-order valence-electron chi connectivity index (χ0n) is 15.7. The van der Waals surface area contributed by atoms with Crippen molar-refractivity contribution in [3.8, 4) is 0 Å². The molecule has 1 amide bonds. The van der Waals surface area contributed by atoms with Gasteiger partial charge in [-0.05, 0) is 6.92 Å². The smallest absolute Gasteiger partial charge is 0.278 e. The maximum atomic E-state index is 13.1. The topological polar surface area (TPSA) is 114 Å². The van der Waals surface area contributed by atoms with Crippen LogP contribution in [0.25, 0.3) is 0 Å². The molecule has 0 bridgehead atoms. The molecule has 3 rings (SSSR count). The van der Waals surface area contributed by atoms with E-state index < -0.39 is 34.9 Å². The molecular formula is C20H22N2O6. The molecule has 1 aromatic carbocycles. The highest BCUT2D eigenvalue weighted by molar-refractivity contribution is 6.23. The molecule has 0 saturated carbocycles. The molecule has 1 saturated heterocycles. The van der Waals surface area contributed by atoms with Gasteiger partial charge in [0.15, 0.2) is 6.10 Å². The Morgan fingerprint density at radius 2 is 2.07 bits per heavy atom. The second-order valence-electron chi connectivity index (χ2n) is 6.63. The second kappa shape index (κ2) is 7.31. The fourth-order valence-electron chi connectivity index (χ4n) is 3.49. The number of benzene rings is 1. The highest BCUT2D eigenvalue weighted by atomic mass is 16.6. The Kier molecular flexibility index (Phi) is 5.20. The van der Waals surface area contributed by atoms with Crippen LogP contribution in [0.15, 0.2) is 54.3 Å². The number of ether oxygens (including phenoxy) is 2. The number of carbonyl (C=O) groups excluding carboxylic acids is 3. The molecule has 2 aliphatic heterocycles. The van der Waals surface area contributed by atoms with Gasteiger partial charge < -0.3 is 25.2 Å². The molecule has 2 heterocycles. The summed E-state index contributed by atoms with van der Waals surface area (Å²) in [5, 5.41) is 16.4. The van der Waals surface area contributed by atoms with E-state index >= 15 is 0 Å². The average Bonchev–Trinajstić information content (AvgIpc) is 3.10. The second-order valence-corrected chi connectivity index (χ2v) is 6.63. The third-order valence-corrected chi connectivity index (χ3v) is 5.06. The Labute approximate surface area is 162 Å². The molecule has 0 radical (unpaired) electrons. The van der Waals surface area contributed by atoms with Crippen LogP contribution in [-0.2, 0) is 19.1 Å². The fourth-order valence-corrected chi connectivity index (χ4v) is 3.49. The largest absolute Gasteiger partial charge is 0.469 e. The molecule has 1 spiro atoms. The van der Waals surface area contributed by atoms with E-state index in [1.807, 2.05) is 0 Å². The zero-order chi connectivity index (χ0) is 20.5. The predicted molar refractivity (Wildman–Crippen MR) is 99.3 cm³/mol. The maximum absolute atomic E-state index is 13.1. The summed E-state index contributed by atoms with van der Waals surface area (Å²) in [4.78, 5) is 38.8. The summed E-state index contributed by atoms with van der Waals surface area (Å²) in [6, 6.07) is 8.06. The number of carbonyl (C=O) groups is 3. The van der Waals surface area contributed by atoms with Crippen LogP contribution < -0.4 is 10.6 Å². The lowest BCUT2D eigenvalue weighted by atomic mass is 9.85. The van der Waals surface area contributed by atoms with Crippen molar-refractivity contribution in [2.75, 3.05) is 20.2 Å². The number of hydrogen-bond donors (Lipinski definition) is 3. The van der Waals surface area contributed by atoms with Crippen LogP contribution >= 0.6 is 0 Å². The SMILES string of the molecule is C=CCNCC1=C(C)C(=O)[C@]2(O1)C(=O)N[C@@](OC)(C(=O)c1ccccc1)[C@@H]2O. The van der Waals surface area contributed by atoms with Crippen LogP contribution in [0.5, 0.6) is 0 Å². The van der Waals surface area contributed by atoms with Crippen molar-refractivity contribution >= 4 is 17.5 Å². The van der Waals surface area contributed by atoms with Crippen molar-refractivity contribution in [3.63, 3.8) is 0 Å². The lowest BCUT2D eigenvalue weighted by Crippen LogP contribution is -2.60. The first kappa shape index (κ1) is 19.9.